The molecule has 6 nitrogen and oxygen atoms in total. The van der Waals surface area contributed by atoms with Crippen LogP contribution >= 0.6 is 15.9 Å². The first kappa shape index (κ1) is 13.4. The number of nitro benzene ring substituents is 1. The summed E-state index contributed by atoms with van der Waals surface area (Å²) in [5, 5.41) is 20.1. The van der Waals surface area contributed by atoms with Crippen molar-refractivity contribution in [1.29, 1.82) is 0 Å². The highest BCUT2D eigenvalue weighted by atomic mass is 79.9. The van der Waals surface area contributed by atoms with Crippen molar-refractivity contribution in [2.24, 2.45) is 0 Å². The molecule has 0 atom stereocenters. The molecule has 0 aromatic heterocycles. The Morgan fingerprint density at radius 3 is 2.76 bits per heavy atom. The standard InChI is InChI=1S/C10H10BrNO5/c1-17-9(13)3-2-6-4-7(11)10(14)8(5-6)12(15)16/h4-5,14H,2-3H2,1H3. The molecule has 1 aromatic rings. The van der Waals surface area contributed by atoms with Crippen LogP contribution in [-0.2, 0) is 16.0 Å². The SMILES string of the molecule is COC(=O)CCc1cc(Br)c(O)c([N+](=O)[O-])c1. The van der Waals surface area contributed by atoms with Gasteiger partial charge in [-0.15, -0.1) is 0 Å². The van der Waals surface area contributed by atoms with Crippen LogP contribution < -0.4 is 0 Å². The van der Waals surface area contributed by atoms with Gasteiger partial charge in [-0.25, -0.2) is 0 Å². The molecule has 1 N–H and O–H groups in total. The Kier molecular flexibility index (Phi) is 4.45. The van der Waals surface area contributed by atoms with Crippen molar-refractivity contribution in [3.63, 3.8) is 0 Å². The molecular weight excluding hydrogens is 294 g/mol. The lowest BCUT2D eigenvalue weighted by atomic mass is 10.1. The van der Waals surface area contributed by atoms with E-state index in [9.17, 15) is 20.0 Å². The zero-order valence-electron chi connectivity index (χ0n) is 8.97. The predicted octanol–water partition coefficient (Wildman–Crippen LogP) is 2.17. The first-order valence-electron chi connectivity index (χ1n) is 4.68. The summed E-state index contributed by atoms with van der Waals surface area (Å²) in [6, 6.07) is 2.77. The van der Waals surface area contributed by atoms with Gasteiger partial charge in [0.25, 0.3) is 0 Å². The third kappa shape index (κ3) is 3.42. The number of halogens is 1. The number of carbonyl (C=O) groups excluding carboxylic acids is 1. The van der Waals surface area contributed by atoms with E-state index in [-0.39, 0.29) is 16.6 Å². The van der Waals surface area contributed by atoms with E-state index in [4.69, 9.17) is 0 Å². The van der Waals surface area contributed by atoms with Gasteiger partial charge in [-0.2, -0.15) is 0 Å². The van der Waals surface area contributed by atoms with Crippen molar-refractivity contribution < 1.29 is 19.6 Å². The Balaban J connectivity index is 2.95. The number of nitrogens with zero attached hydrogens (tertiary/aromatic N) is 1. The molecule has 1 aromatic carbocycles. The highest BCUT2D eigenvalue weighted by Gasteiger charge is 2.18. The number of hydrogen-bond donors (Lipinski definition) is 1. The van der Waals surface area contributed by atoms with Crippen LogP contribution in [0.4, 0.5) is 5.69 Å². The summed E-state index contributed by atoms with van der Waals surface area (Å²) < 4.78 is 4.70. The lowest BCUT2D eigenvalue weighted by Crippen LogP contribution is -2.02. The summed E-state index contributed by atoms with van der Waals surface area (Å²) in [6.45, 7) is 0. The minimum atomic E-state index is -0.679. The number of phenolic OH excluding ortho intramolecular Hbond substituents is 1. The van der Waals surface area contributed by atoms with Crippen molar-refractivity contribution in [2.45, 2.75) is 12.8 Å². The quantitative estimate of drug-likeness (QED) is 0.523. The van der Waals surface area contributed by atoms with E-state index in [0.717, 1.165) is 0 Å². The van der Waals surface area contributed by atoms with Gasteiger partial charge >= 0.3 is 11.7 Å². The second kappa shape index (κ2) is 5.62. The molecule has 0 spiro atoms. The number of phenols is 1. The summed E-state index contributed by atoms with van der Waals surface area (Å²) in [6.07, 6.45) is 0.442. The lowest BCUT2D eigenvalue weighted by molar-refractivity contribution is -0.386. The number of aryl methyl sites for hydroxylation is 1. The number of carbonyl (C=O) groups is 1. The van der Waals surface area contributed by atoms with E-state index < -0.39 is 16.6 Å². The first-order chi connectivity index (χ1) is 7.95. The van der Waals surface area contributed by atoms with E-state index in [0.29, 0.717) is 12.0 Å². The molecule has 0 aliphatic carbocycles. The van der Waals surface area contributed by atoms with Crippen LogP contribution in [0.1, 0.15) is 12.0 Å². The smallest absolute Gasteiger partial charge is 0.312 e. The first-order valence-corrected chi connectivity index (χ1v) is 5.47. The second-order valence-corrected chi connectivity index (χ2v) is 4.13. The molecule has 0 amide bonds. The van der Waals surface area contributed by atoms with Gasteiger partial charge < -0.3 is 9.84 Å². The Hall–Kier alpha value is -1.63. The molecule has 0 bridgehead atoms. The largest absolute Gasteiger partial charge is 0.501 e. The number of hydrogen-bond acceptors (Lipinski definition) is 5. The van der Waals surface area contributed by atoms with Crippen LogP contribution in [0.5, 0.6) is 5.75 Å². The average Bonchev–Trinajstić information content (AvgIpc) is 2.29. The zero-order chi connectivity index (χ0) is 13.0. The van der Waals surface area contributed by atoms with Crippen molar-refractivity contribution in [3.05, 3.63) is 32.3 Å². The second-order valence-electron chi connectivity index (χ2n) is 3.28. The van der Waals surface area contributed by atoms with Crippen LogP contribution in [0.15, 0.2) is 16.6 Å². The van der Waals surface area contributed by atoms with Gasteiger partial charge in [0.2, 0.25) is 5.75 Å². The number of benzene rings is 1. The number of esters is 1. The fourth-order valence-corrected chi connectivity index (χ4v) is 1.77. The fraction of sp³-hybridized carbons (Fsp3) is 0.300. The molecule has 17 heavy (non-hydrogen) atoms. The highest BCUT2D eigenvalue weighted by molar-refractivity contribution is 9.10. The fourth-order valence-electron chi connectivity index (χ4n) is 1.27. The van der Waals surface area contributed by atoms with Gasteiger partial charge in [-0.3, -0.25) is 14.9 Å². The van der Waals surface area contributed by atoms with E-state index >= 15 is 0 Å². The maximum absolute atomic E-state index is 10.9. The Labute approximate surface area is 105 Å². The normalized spacial score (nSPS) is 10.0. The number of ether oxygens (including phenoxy) is 1. The monoisotopic (exact) mass is 303 g/mol. The van der Waals surface area contributed by atoms with Gasteiger partial charge in [-0.1, -0.05) is 0 Å². The van der Waals surface area contributed by atoms with Crippen LogP contribution in [0.25, 0.3) is 0 Å². The molecule has 0 fully saturated rings. The number of aromatic hydroxyl groups is 1. The minimum Gasteiger partial charge on any atom is -0.501 e. The van der Waals surface area contributed by atoms with Gasteiger partial charge in [0.1, 0.15) is 0 Å². The average molecular weight is 304 g/mol. The van der Waals surface area contributed by atoms with E-state index in [1.54, 1.807) is 0 Å². The minimum absolute atomic E-state index is 0.130. The molecule has 0 saturated carbocycles. The lowest BCUT2D eigenvalue weighted by Gasteiger charge is -2.04. The van der Waals surface area contributed by atoms with Crippen molar-refractivity contribution in [1.82, 2.24) is 0 Å². The zero-order valence-corrected chi connectivity index (χ0v) is 10.6. The Bertz CT molecular complexity index is 460. The van der Waals surface area contributed by atoms with Crippen LogP contribution in [0.3, 0.4) is 0 Å². The Morgan fingerprint density at radius 1 is 1.59 bits per heavy atom. The van der Waals surface area contributed by atoms with Crippen LogP contribution in [0.2, 0.25) is 0 Å². The molecule has 92 valence electrons. The maximum atomic E-state index is 10.9. The van der Waals surface area contributed by atoms with Gasteiger partial charge in [-0.05, 0) is 34.0 Å². The van der Waals surface area contributed by atoms with Gasteiger partial charge in [0.05, 0.1) is 16.5 Å². The molecule has 0 aliphatic heterocycles. The summed E-state index contributed by atoms with van der Waals surface area (Å²) in [4.78, 5) is 20.9. The summed E-state index contributed by atoms with van der Waals surface area (Å²) in [5.74, 6) is -0.811. The summed E-state index contributed by atoms with van der Waals surface area (Å²) in [5.41, 5.74) is 0.186. The van der Waals surface area contributed by atoms with Gasteiger partial charge in [0, 0.05) is 12.5 Å². The van der Waals surface area contributed by atoms with E-state index in [2.05, 4.69) is 20.7 Å². The third-order valence-electron chi connectivity index (χ3n) is 2.15. The molecule has 7 heteroatoms. The molecule has 1 rings (SSSR count). The number of methoxy groups -OCH3 is 1. The van der Waals surface area contributed by atoms with Crippen LogP contribution in [-0.4, -0.2) is 23.1 Å². The molecule has 0 saturated heterocycles. The van der Waals surface area contributed by atoms with Crippen molar-refractivity contribution in [2.75, 3.05) is 7.11 Å². The molecule has 0 heterocycles. The predicted molar refractivity (Wildman–Crippen MR) is 62.8 cm³/mol. The van der Waals surface area contributed by atoms with E-state index in [1.807, 2.05) is 0 Å². The van der Waals surface area contributed by atoms with E-state index in [1.165, 1.54) is 19.2 Å². The molecule has 0 unspecified atom stereocenters. The summed E-state index contributed by atoms with van der Waals surface area (Å²) >= 11 is 3.02. The third-order valence-corrected chi connectivity index (χ3v) is 2.75. The summed E-state index contributed by atoms with van der Waals surface area (Å²) in [7, 11) is 1.28. The van der Waals surface area contributed by atoms with Crippen molar-refractivity contribution >= 4 is 27.6 Å². The number of rotatable bonds is 4. The molecule has 0 radical (unpaired) electrons. The Morgan fingerprint density at radius 2 is 2.24 bits per heavy atom. The molecule has 0 aliphatic rings. The van der Waals surface area contributed by atoms with Gasteiger partial charge in [0.15, 0.2) is 0 Å². The van der Waals surface area contributed by atoms with Crippen molar-refractivity contribution in [3.8, 4) is 5.75 Å². The highest BCUT2D eigenvalue weighted by Crippen LogP contribution is 2.35. The number of nitro groups is 1. The topological polar surface area (TPSA) is 89.7 Å². The van der Waals surface area contributed by atoms with Crippen LogP contribution in [0, 0.1) is 10.1 Å². The molecular formula is C10H10BrNO5. The maximum Gasteiger partial charge on any atom is 0.312 e.